The zero-order valence-corrected chi connectivity index (χ0v) is 17.5. The fourth-order valence-corrected chi connectivity index (χ4v) is 3.18. The third-order valence-electron chi connectivity index (χ3n) is 4.51. The first-order valence-electron chi connectivity index (χ1n) is 9.56. The molecule has 7 nitrogen and oxygen atoms in total. The van der Waals surface area contributed by atoms with Gasteiger partial charge in [0.15, 0.2) is 0 Å². The van der Waals surface area contributed by atoms with Crippen LogP contribution in [0.1, 0.15) is 16.8 Å². The molecule has 0 amide bonds. The number of halogens is 1. The molecule has 3 N–H and O–H groups in total. The Balaban J connectivity index is 1.52. The van der Waals surface area contributed by atoms with Crippen LogP contribution in [-0.2, 0) is 6.42 Å². The van der Waals surface area contributed by atoms with Crippen LogP contribution in [-0.4, -0.2) is 33.6 Å². The molecular formula is C23H19ClN6O. The van der Waals surface area contributed by atoms with Gasteiger partial charge in [-0.2, -0.15) is 0 Å². The predicted octanol–water partition coefficient (Wildman–Crippen LogP) is 3.72. The monoisotopic (exact) mass is 430 g/mol. The third-order valence-corrected chi connectivity index (χ3v) is 4.72. The van der Waals surface area contributed by atoms with E-state index in [1.54, 1.807) is 42.9 Å². The summed E-state index contributed by atoms with van der Waals surface area (Å²) in [5.74, 6) is 7.92. The number of nitrogens with zero attached hydrogens (tertiary/aromatic N) is 4. The minimum absolute atomic E-state index is 0.404. The summed E-state index contributed by atoms with van der Waals surface area (Å²) in [6, 6.07) is 11.0. The van der Waals surface area contributed by atoms with Gasteiger partial charge in [0.2, 0.25) is 5.88 Å². The highest BCUT2D eigenvalue weighted by atomic mass is 35.5. The molecule has 0 bridgehead atoms. The second kappa shape index (κ2) is 9.28. The Kier molecular flexibility index (Phi) is 6.11. The van der Waals surface area contributed by atoms with Gasteiger partial charge >= 0.3 is 0 Å². The Hall–Kier alpha value is -3.89. The van der Waals surface area contributed by atoms with Gasteiger partial charge in [0.05, 0.1) is 12.2 Å². The van der Waals surface area contributed by atoms with Crippen molar-refractivity contribution in [2.24, 2.45) is 0 Å². The molecule has 0 unspecified atom stereocenters. The third kappa shape index (κ3) is 5.00. The Morgan fingerprint density at radius 2 is 1.97 bits per heavy atom. The largest absolute Gasteiger partial charge is 0.477 e. The zero-order chi connectivity index (χ0) is 21.6. The second-order valence-corrected chi connectivity index (χ2v) is 7.01. The Bertz CT molecular complexity index is 1300. The lowest BCUT2D eigenvalue weighted by Gasteiger charge is -2.07. The zero-order valence-electron chi connectivity index (χ0n) is 16.8. The molecule has 4 aromatic heterocycles. The maximum atomic E-state index is 5.88. The van der Waals surface area contributed by atoms with E-state index >= 15 is 0 Å². The molecule has 0 spiro atoms. The molecule has 4 heterocycles. The van der Waals surface area contributed by atoms with Gasteiger partial charge in [0, 0.05) is 48.9 Å². The highest BCUT2D eigenvalue weighted by molar-refractivity contribution is 6.29. The Labute approximate surface area is 184 Å². The van der Waals surface area contributed by atoms with Gasteiger partial charge in [-0.3, -0.25) is 0 Å². The number of nitrogens with one attached hydrogen (secondary N) is 1. The Morgan fingerprint density at radius 1 is 1.06 bits per heavy atom. The summed E-state index contributed by atoms with van der Waals surface area (Å²) in [6.07, 6.45) is 5.84. The summed E-state index contributed by atoms with van der Waals surface area (Å²) in [5.41, 5.74) is 8.34. The summed E-state index contributed by atoms with van der Waals surface area (Å²) in [4.78, 5) is 17.0. The van der Waals surface area contributed by atoms with Crippen molar-refractivity contribution in [2.45, 2.75) is 6.42 Å². The number of hydrogen-bond acceptors (Lipinski definition) is 7. The number of fused-ring (bicyclic) bond motifs is 1. The van der Waals surface area contributed by atoms with Crippen molar-refractivity contribution in [1.82, 2.24) is 19.9 Å². The van der Waals surface area contributed by atoms with E-state index < -0.39 is 0 Å². The fraction of sp³-hybridized carbons (Fsp3) is 0.130. The lowest BCUT2D eigenvalue weighted by atomic mass is 10.1. The van der Waals surface area contributed by atoms with E-state index in [1.807, 2.05) is 19.2 Å². The number of pyridine rings is 4. The predicted molar refractivity (Wildman–Crippen MR) is 122 cm³/mol. The number of hydrogen-bond donors (Lipinski definition) is 2. The first kappa shape index (κ1) is 20.4. The van der Waals surface area contributed by atoms with E-state index in [1.165, 1.54) is 0 Å². The number of aromatic nitrogens is 4. The van der Waals surface area contributed by atoms with Crippen molar-refractivity contribution in [3.63, 3.8) is 0 Å². The van der Waals surface area contributed by atoms with Gasteiger partial charge in [0.1, 0.15) is 22.5 Å². The van der Waals surface area contributed by atoms with Gasteiger partial charge in [-0.15, -0.1) is 0 Å². The summed E-state index contributed by atoms with van der Waals surface area (Å²) < 4.78 is 5.66. The van der Waals surface area contributed by atoms with Crippen LogP contribution in [0, 0.1) is 11.8 Å². The number of ether oxygens (including phenoxy) is 1. The van der Waals surface area contributed by atoms with Crippen LogP contribution in [0.15, 0.2) is 55.0 Å². The van der Waals surface area contributed by atoms with Crippen LogP contribution >= 0.6 is 11.6 Å². The van der Waals surface area contributed by atoms with Crippen molar-refractivity contribution >= 4 is 34.0 Å². The Morgan fingerprint density at radius 3 is 2.81 bits per heavy atom. The molecule has 0 aromatic carbocycles. The first-order valence-corrected chi connectivity index (χ1v) is 9.94. The average Bonchev–Trinajstić information content (AvgIpc) is 2.78. The summed E-state index contributed by atoms with van der Waals surface area (Å²) in [5, 5.41) is 5.21. The fourth-order valence-electron chi connectivity index (χ4n) is 3.02. The van der Waals surface area contributed by atoms with Crippen molar-refractivity contribution < 1.29 is 4.74 Å². The molecule has 0 fully saturated rings. The number of anilines is 2. The van der Waals surface area contributed by atoms with Crippen LogP contribution in [0.3, 0.4) is 0 Å². The van der Waals surface area contributed by atoms with Crippen molar-refractivity contribution in [1.29, 1.82) is 0 Å². The van der Waals surface area contributed by atoms with Crippen LogP contribution < -0.4 is 15.8 Å². The van der Waals surface area contributed by atoms with Crippen molar-refractivity contribution in [3.05, 3.63) is 77.0 Å². The minimum Gasteiger partial charge on any atom is -0.477 e. The van der Waals surface area contributed by atoms with E-state index in [4.69, 9.17) is 22.1 Å². The van der Waals surface area contributed by atoms with E-state index in [9.17, 15) is 0 Å². The number of rotatable bonds is 5. The van der Waals surface area contributed by atoms with Crippen molar-refractivity contribution in [3.8, 4) is 17.7 Å². The van der Waals surface area contributed by atoms with E-state index in [-0.39, 0.29) is 0 Å². The molecule has 0 saturated heterocycles. The molecule has 31 heavy (non-hydrogen) atoms. The van der Waals surface area contributed by atoms with Gasteiger partial charge in [0.25, 0.3) is 0 Å². The quantitative estimate of drug-likeness (QED) is 0.367. The van der Waals surface area contributed by atoms with Gasteiger partial charge in [-0.1, -0.05) is 23.6 Å². The highest BCUT2D eigenvalue weighted by Crippen LogP contribution is 2.24. The first-order chi connectivity index (χ1) is 15.1. The van der Waals surface area contributed by atoms with Crippen LogP contribution in [0.2, 0.25) is 5.15 Å². The molecule has 0 atom stereocenters. The standard InChI is InChI=1S/C23H19ClN6O/c1-26-23-19-14-28-21(25)12-18(19)16(13-29-23)5-6-17-11-15(7-9-27-17)8-10-31-22-4-2-3-20(24)30-22/h2-4,7,9,11-14H,8,10H2,1H3,(H2,25,28)(H,26,29). The number of nitrogen functional groups attached to an aromatic ring is 1. The second-order valence-electron chi connectivity index (χ2n) is 6.62. The topological polar surface area (TPSA) is 98.8 Å². The molecule has 0 aliphatic heterocycles. The lowest BCUT2D eigenvalue weighted by molar-refractivity contribution is 0.309. The van der Waals surface area contributed by atoms with Gasteiger partial charge in [-0.05, 0) is 35.7 Å². The molecule has 0 radical (unpaired) electrons. The van der Waals surface area contributed by atoms with Crippen LogP contribution in [0.5, 0.6) is 5.88 Å². The SMILES string of the molecule is CNc1ncc(C#Cc2cc(CCOc3cccc(Cl)n3)ccn2)c2cc(N)ncc12. The van der Waals surface area contributed by atoms with Gasteiger partial charge in [-0.25, -0.2) is 19.9 Å². The smallest absolute Gasteiger partial charge is 0.214 e. The molecule has 0 aliphatic carbocycles. The molecule has 4 aromatic rings. The summed E-state index contributed by atoms with van der Waals surface area (Å²) >= 11 is 5.88. The molecule has 0 aliphatic rings. The molecule has 4 rings (SSSR count). The van der Waals surface area contributed by atoms with E-state index in [2.05, 4.69) is 37.1 Å². The van der Waals surface area contributed by atoms with E-state index in [0.717, 1.165) is 27.7 Å². The summed E-state index contributed by atoms with van der Waals surface area (Å²) in [6.45, 7) is 0.469. The van der Waals surface area contributed by atoms with Crippen molar-refractivity contribution in [2.75, 3.05) is 24.7 Å². The lowest BCUT2D eigenvalue weighted by Crippen LogP contribution is -2.03. The molecule has 154 valence electrons. The molecular weight excluding hydrogens is 412 g/mol. The maximum absolute atomic E-state index is 5.88. The van der Waals surface area contributed by atoms with Crippen LogP contribution in [0.25, 0.3) is 10.8 Å². The summed E-state index contributed by atoms with van der Waals surface area (Å²) in [7, 11) is 1.81. The van der Waals surface area contributed by atoms with Crippen LogP contribution in [0.4, 0.5) is 11.6 Å². The highest BCUT2D eigenvalue weighted by Gasteiger charge is 2.07. The van der Waals surface area contributed by atoms with E-state index in [0.29, 0.717) is 35.6 Å². The average molecular weight is 431 g/mol. The molecule has 8 heteroatoms. The normalized spacial score (nSPS) is 10.4. The maximum Gasteiger partial charge on any atom is 0.214 e. The minimum atomic E-state index is 0.404. The molecule has 0 saturated carbocycles. The number of nitrogens with two attached hydrogens (primary N) is 1. The van der Waals surface area contributed by atoms with Gasteiger partial charge < -0.3 is 15.8 Å².